The Hall–Kier alpha value is -1.37. The summed E-state index contributed by atoms with van der Waals surface area (Å²) in [6.07, 6.45) is 15.6. The lowest BCUT2D eigenvalue weighted by molar-refractivity contribution is -0.128. The monoisotopic (exact) mass is 186 g/mol. The molecule has 0 aromatic heterocycles. The average molecular weight is 186 g/mol. The third kappa shape index (κ3) is 1.20. The maximum atomic E-state index is 12.3. The van der Waals surface area contributed by atoms with Crippen molar-refractivity contribution in [1.29, 1.82) is 0 Å². The van der Waals surface area contributed by atoms with Crippen LogP contribution in [-0.4, -0.2) is 5.78 Å². The number of ketones is 1. The summed E-state index contributed by atoms with van der Waals surface area (Å²) >= 11 is 0. The van der Waals surface area contributed by atoms with Gasteiger partial charge in [-0.3, -0.25) is 4.79 Å². The molecule has 0 aromatic carbocycles. The molecule has 0 unspecified atom stereocenters. The number of carbonyl (C=O) groups is 1. The summed E-state index contributed by atoms with van der Waals surface area (Å²) in [5.74, 6) is 0.236. The number of rotatable bonds is 2. The first-order valence-corrected chi connectivity index (χ1v) is 4.86. The predicted octanol–water partition coefficient (Wildman–Crippen LogP) is 2.82. The van der Waals surface area contributed by atoms with E-state index in [1.807, 2.05) is 62.5 Å². The number of hydrogen-bond donors (Lipinski definition) is 0. The van der Waals surface area contributed by atoms with E-state index in [1.54, 1.807) is 0 Å². The molecule has 0 atom stereocenters. The van der Waals surface area contributed by atoms with Gasteiger partial charge in [-0.1, -0.05) is 48.6 Å². The van der Waals surface area contributed by atoms with Gasteiger partial charge in [0, 0.05) is 0 Å². The topological polar surface area (TPSA) is 17.1 Å². The maximum Gasteiger partial charge on any atom is 0.159 e. The molecule has 0 fully saturated rings. The highest BCUT2D eigenvalue weighted by atomic mass is 16.1. The Morgan fingerprint density at radius 3 is 1.36 bits per heavy atom. The van der Waals surface area contributed by atoms with Gasteiger partial charge in [0.15, 0.2) is 5.78 Å². The molecule has 0 aromatic rings. The van der Waals surface area contributed by atoms with Crippen LogP contribution in [-0.2, 0) is 4.79 Å². The molecule has 1 heteroatoms. The van der Waals surface area contributed by atoms with E-state index in [9.17, 15) is 4.79 Å². The Balaban J connectivity index is 2.33. The van der Waals surface area contributed by atoms with Crippen LogP contribution in [0, 0.1) is 10.8 Å². The molecule has 72 valence electrons. The Labute approximate surface area is 84.5 Å². The first kappa shape index (κ1) is 9.20. The quantitative estimate of drug-likeness (QED) is 0.648. The smallest absolute Gasteiger partial charge is 0.159 e. The second-order valence-corrected chi connectivity index (χ2v) is 4.33. The molecule has 0 heterocycles. The van der Waals surface area contributed by atoms with E-state index in [-0.39, 0.29) is 5.78 Å². The van der Waals surface area contributed by atoms with Crippen molar-refractivity contribution >= 4 is 5.78 Å². The molecule has 14 heavy (non-hydrogen) atoms. The first-order valence-electron chi connectivity index (χ1n) is 4.86. The van der Waals surface area contributed by atoms with E-state index in [2.05, 4.69) is 0 Å². The highest BCUT2D eigenvalue weighted by Crippen LogP contribution is 2.38. The molecule has 0 bridgehead atoms. The van der Waals surface area contributed by atoms with Gasteiger partial charge in [-0.2, -0.15) is 0 Å². The van der Waals surface area contributed by atoms with Crippen molar-refractivity contribution in [2.24, 2.45) is 10.8 Å². The number of Topliss-reactive ketones (excluding diaryl/α,β-unsaturated/α-hetero) is 1. The Morgan fingerprint density at radius 2 is 1.07 bits per heavy atom. The van der Waals surface area contributed by atoms with Gasteiger partial charge in [0.25, 0.3) is 0 Å². The minimum atomic E-state index is -0.423. The van der Waals surface area contributed by atoms with Gasteiger partial charge in [0.2, 0.25) is 0 Å². The molecule has 0 spiro atoms. The molecule has 0 amide bonds. The third-order valence-electron chi connectivity index (χ3n) is 2.97. The summed E-state index contributed by atoms with van der Waals surface area (Å²) in [5, 5.41) is 0. The molecule has 0 radical (unpaired) electrons. The van der Waals surface area contributed by atoms with Crippen LogP contribution in [0.4, 0.5) is 0 Å². The zero-order valence-corrected chi connectivity index (χ0v) is 8.53. The fourth-order valence-electron chi connectivity index (χ4n) is 2.02. The van der Waals surface area contributed by atoms with E-state index in [1.165, 1.54) is 0 Å². The summed E-state index contributed by atoms with van der Waals surface area (Å²) < 4.78 is 0. The fraction of sp³-hybridized carbons (Fsp3) is 0.308. The van der Waals surface area contributed by atoms with Crippen molar-refractivity contribution < 1.29 is 4.79 Å². The van der Waals surface area contributed by atoms with Crippen LogP contribution in [0.2, 0.25) is 0 Å². The van der Waals surface area contributed by atoms with Gasteiger partial charge in [-0.25, -0.2) is 0 Å². The summed E-state index contributed by atoms with van der Waals surface area (Å²) in [6, 6.07) is 0. The summed E-state index contributed by atoms with van der Waals surface area (Å²) in [4.78, 5) is 12.3. The lowest BCUT2D eigenvalue weighted by Gasteiger charge is -2.27. The molecule has 0 saturated heterocycles. The standard InChI is InChI=1S/C13H14O/c1-12(7-3-4-8-12)11(14)13(2)9-5-6-10-13/h3-10H,1-2H3. The van der Waals surface area contributed by atoms with Crippen LogP contribution in [0.15, 0.2) is 48.6 Å². The lowest BCUT2D eigenvalue weighted by atomic mass is 9.73. The van der Waals surface area contributed by atoms with Crippen LogP contribution in [0.3, 0.4) is 0 Å². The van der Waals surface area contributed by atoms with Crippen LogP contribution in [0.5, 0.6) is 0 Å². The molecule has 2 aliphatic rings. The highest BCUT2D eigenvalue weighted by molar-refractivity contribution is 5.97. The SMILES string of the molecule is CC1(C(=O)C2(C)C=CC=C2)C=CC=C1. The zero-order chi connectivity index (χ0) is 10.2. The molecule has 2 aliphatic carbocycles. The summed E-state index contributed by atoms with van der Waals surface area (Å²) in [6.45, 7) is 3.92. The van der Waals surface area contributed by atoms with Crippen molar-refractivity contribution in [3.8, 4) is 0 Å². The van der Waals surface area contributed by atoms with E-state index < -0.39 is 10.8 Å². The average Bonchev–Trinajstić information content (AvgIpc) is 2.75. The maximum absolute atomic E-state index is 12.3. The Bertz CT molecular complexity index is 320. The van der Waals surface area contributed by atoms with Crippen molar-refractivity contribution in [2.75, 3.05) is 0 Å². The molecule has 2 rings (SSSR count). The van der Waals surface area contributed by atoms with Crippen molar-refractivity contribution in [3.05, 3.63) is 48.6 Å². The lowest BCUT2D eigenvalue weighted by Crippen LogP contribution is -2.34. The first-order chi connectivity index (χ1) is 6.57. The Morgan fingerprint density at radius 1 is 0.786 bits per heavy atom. The largest absolute Gasteiger partial charge is 0.297 e. The molecule has 0 N–H and O–H groups in total. The predicted molar refractivity (Wildman–Crippen MR) is 57.8 cm³/mol. The van der Waals surface area contributed by atoms with Crippen molar-refractivity contribution in [2.45, 2.75) is 13.8 Å². The van der Waals surface area contributed by atoms with Gasteiger partial charge in [0.1, 0.15) is 0 Å². The second kappa shape index (κ2) is 2.81. The van der Waals surface area contributed by atoms with Crippen LogP contribution in [0.1, 0.15) is 13.8 Å². The van der Waals surface area contributed by atoms with Gasteiger partial charge >= 0.3 is 0 Å². The van der Waals surface area contributed by atoms with Gasteiger partial charge < -0.3 is 0 Å². The highest BCUT2D eigenvalue weighted by Gasteiger charge is 2.40. The second-order valence-electron chi connectivity index (χ2n) is 4.33. The summed E-state index contributed by atoms with van der Waals surface area (Å²) in [7, 11) is 0. The van der Waals surface area contributed by atoms with E-state index in [0.29, 0.717) is 0 Å². The number of allylic oxidation sites excluding steroid dienone is 8. The minimum Gasteiger partial charge on any atom is -0.297 e. The van der Waals surface area contributed by atoms with E-state index >= 15 is 0 Å². The molecule has 0 aliphatic heterocycles. The fourth-order valence-corrected chi connectivity index (χ4v) is 2.02. The molecule has 1 nitrogen and oxygen atoms in total. The molecule has 0 saturated carbocycles. The van der Waals surface area contributed by atoms with Gasteiger partial charge in [0.05, 0.1) is 10.8 Å². The normalized spacial score (nSPS) is 24.7. The summed E-state index contributed by atoms with van der Waals surface area (Å²) in [5.41, 5.74) is -0.846. The van der Waals surface area contributed by atoms with Gasteiger partial charge in [-0.15, -0.1) is 0 Å². The van der Waals surface area contributed by atoms with E-state index in [0.717, 1.165) is 0 Å². The molecular formula is C13H14O. The zero-order valence-electron chi connectivity index (χ0n) is 8.53. The van der Waals surface area contributed by atoms with Crippen LogP contribution < -0.4 is 0 Å². The molecular weight excluding hydrogens is 172 g/mol. The Kier molecular flexibility index (Phi) is 1.84. The minimum absolute atomic E-state index is 0.236. The number of carbonyl (C=O) groups excluding carboxylic acids is 1. The van der Waals surface area contributed by atoms with Crippen molar-refractivity contribution in [3.63, 3.8) is 0 Å². The third-order valence-corrected chi connectivity index (χ3v) is 2.97. The van der Waals surface area contributed by atoms with Crippen LogP contribution >= 0.6 is 0 Å². The van der Waals surface area contributed by atoms with Crippen molar-refractivity contribution in [1.82, 2.24) is 0 Å². The number of hydrogen-bond acceptors (Lipinski definition) is 1. The van der Waals surface area contributed by atoms with Crippen LogP contribution in [0.25, 0.3) is 0 Å². The van der Waals surface area contributed by atoms with E-state index in [4.69, 9.17) is 0 Å². The van der Waals surface area contributed by atoms with Gasteiger partial charge in [-0.05, 0) is 13.8 Å².